The van der Waals surface area contributed by atoms with Gasteiger partial charge in [0.25, 0.3) is 0 Å². The average molecular weight is 332 g/mol. The highest BCUT2D eigenvalue weighted by Gasteiger charge is 2.24. The molecule has 1 heterocycles. The molecule has 0 N–H and O–H groups in total. The Balaban J connectivity index is 1.93. The van der Waals surface area contributed by atoms with Crippen LogP contribution in [0.5, 0.6) is 5.75 Å². The average Bonchev–Trinajstić information content (AvgIpc) is 2.89. The molecule has 0 radical (unpaired) electrons. The van der Waals surface area contributed by atoms with Gasteiger partial charge in [0.2, 0.25) is 5.90 Å². The Labute approximate surface area is 136 Å². The molecule has 0 unspecified atom stereocenters. The molecule has 0 amide bonds. The van der Waals surface area contributed by atoms with Crippen molar-refractivity contribution in [1.29, 1.82) is 0 Å². The first kappa shape index (κ1) is 15.2. The van der Waals surface area contributed by atoms with Gasteiger partial charge >= 0.3 is 5.97 Å². The van der Waals surface area contributed by atoms with Crippen LogP contribution in [0.2, 0.25) is 5.02 Å². The first-order chi connectivity index (χ1) is 11.1. The van der Waals surface area contributed by atoms with E-state index in [1.54, 1.807) is 30.3 Å². The highest BCUT2D eigenvalue weighted by Crippen LogP contribution is 2.27. The van der Waals surface area contributed by atoms with E-state index in [4.69, 9.17) is 21.1 Å². The van der Waals surface area contributed by atoms with Gasteiger partial charge in [-0.25, -0.2) is 14.2 Å². The molecule has 6 heteroatoms. The standard InChI is InChI=1S/C17H11ClFNO3/c1-22-15-6-5-10(7-13(15)18)8-14-17(21)23-16(20-14)11-3-2-4-12(19)9-11/h2-9H,1H3/b14-8+. The largest absolute Gasteiger partial charge is 0.495 e. The van der Waals surface area contributed by atoms with Crippen molar-refractivity contribution in [2.24, 2.45) is 4.99 Å². The van der Waals surface area contributed by atoms with E-state index in [-0.39, 0.29) is 11.6 Å². The zero-order chi connectivity index (χ0) is 16.4. The summed E-state index contributed by atoms with van der Waals surface area (Å²) in [6.45, 7) is 0. The number of esters is 1. The molecule has 116 valence electrons. The summed E-state index contributed by atoms with van der Waals surface area (Å²) in [6, 6.07) is 10.8. The molecule has 1 aliphatic rings. The monoisotopic (exact) mass is 331 g/mol. The quantitative estimate of drug-likeness (QED) is 0.634. The zero-order valence-corrected chi connectivity index (χ0v) is 12.8. The van der Waals surface area contributed by atoms with Crippen LogP contribution >= 0.6 is 11.6 Å². The number of carbonyl (C=O) groups is 1. The second-order valence-electron chi connectivity index (χ2n) is 4.74. The highest BCUT2D eigenvalue weighted by atomic mass is 35.5. The number of carbonyl (C=O) groups excluding carboxylic acids is 1. The Morgan fingerprint density at radius 1 is 1.26 bits per heavy atom. The molecular weight excluding hydrogens is 321 g/mol. The lowest BCUT2D eigenvalue weighted by molar-refractivity contribution is -0.129. The molecule has 3 rings (SSSR count). The fourth-order valence-electron chi connectivity index (χ4n) is 2.08. The molecule has 0 bridgehead atoms. The summed E-state index contributed by atoms with van der Waals surface area (Å²) < 4.78 is 23.4. The Hall–Kier alpha value is -2.66. The third kappa shape index (κ3) is 3.24. The summed E-state index contributed by atoms with van der Waals surface area (Å²) in [5.74, 6) is -0.427. The SMILES string of the molecule is COc1ccc(/C=C2/N=C(c3cccc(F)c3)OC2=O)cc1Cl. The van der Waals surface area contributed by atoms with Crippen LogP contribution in [0.3, 0.4) is 0 Å². The third-order valence-corrected chi connectivity index (χ3v) is 3.47. The minimum Gasteiger partial charge on any atom is -0.495 e. The minimum absolute atomic E-state index is 0.0698. The summed E-state index contributed by atoms with van der Waals surface area (Å²) in [7, 11) is 1.52. The first-order valence-corrected chi connectivity index (χ1v) is 7.06. The van der Waals surface area contributed by atoms with E-state index in [0.29, 0.717) is 21.9 Å². The Kier molecular flexibility index (Phi) is 4.12. The number of benzene rings is 2. The normalized spacial score (nSPS) is 15.5. The summed E-state index contributed by atoms with van der Waals surface area (Å²) in [5.41, 5.74) is 1.19. The molecule has 0 atom stereocenters. The van der Waals surface area contributed by atoms with Gasteiger partial charge < -0.3 is 9.47 Å². The van der Waals surface area contributed by atoms with Gasteiger partial charge in [-0.15, -0.1) is 0 Å². The van der Waals surface area contributed by atoms with Gasteiger partial charge in [-0.05, 0) is 42.0 Å². The van der Waals surface area contributed by atoms with Gasteiger partial charge in [-0.3, -0.25) is 0 Å². The molecule has 0 saturated carbocycles. The summed E-state index contributed by atoms with van der Waals surface area (Å²) in [4.78, 5) is 16.0. The van der Waals surface area contributed by atoms with Gasteiger partial charge in [0.05, 0.1) is 12.1 Å². The summed E-state index contributed by atoms with van der Waals surface area (Å²) >= 11 is 6.05. The minimum atomic E-state index is -0.601. The highest BCUT2D eigenvalue weighted by molar-refractivity contribution is 6.32. The van der Waals surface area contributed by atoms with E-state index in [1.807, 2.05) is 0 Å². The molecule has 23 heavy (non-hydrogen) atoms. The number of hydrogen-bond acceptors (Lipinski definition) is 4. The maximum absolute atomic E-state index is 13.2. The predicted molar refractivity (Wildman–Crippen MR) is 85.0 cm³/mol. The van der Waals surface area contributed by atoms with Crippen molar-refractivity contribution in [2.45, 2.75) is 0 Å². The van der Waals surface area contributed by atoms with Gasteiger partial charge in [0, 0.05) is 5.56 Å². The number of aliphatic imine (C=N–C) groups is 1. The van der Waals surface area contributed by atoms with Crippen LogP contribution in [0, 0.1) is 5.82 Å². The lowest BCUT2D eigenvalue weighted by atomic mass is 10.2. The van der Waals surface area contributed by atoms with Gasteiger partial charge in [-0.1, -0.05) is 23.7 Å². The second kappa shape index (κ2) is 6.22. The third-order valence-electron chi connectivity index (χ3n) is 3.17. The van der Waals surface area contributed by atoms with Crippen molar-refractivity contribution in [3.05, 3.63) is 70.1 Å². The molecule has 4 nitrogen and oxygen atoms in total. The molecule has 2 aromatic rings. The van der Waals surface area contributed by atoms with Crippen molar-refractivity contribution >= 4 is 29.5 Å². The molecular formula is C17H11ClFNO3. The van der Waals surface area contributed by atoms with Crippen LogP contribution in [-0.4, -0.2) is 19.0 Å². The van der Waals surface area contributed by atoms with Crippen molar-refractivity contribution in [1.82, 2.24) is 0 Å². The summed E-state index contributed by atoms with van der Waals surface area (Å²) in [5, 5.41) is 0.419. The van der Waals surface area contributed by atoms with E-state index >= 15 is 0 Å². The van der Waals surface area contributed by atoms with Crippen LogP contribution in [0.4, 0.5) is 4.39 Å². The molecule has 0 saturated heterocycles. The Bertz CT molecular complexity index is 845. The van der Waals surface area contributed by atoms with Crippen LogP contribution in [0.15, 0.2) is 53.2 Å². The molecule has 2 aromatic carbocycles. The number of nitrogens with zero attached hydrogens (tertiary/aromatic N) is 1. The Morgan fingerprint density at radius 2 is 2.09 bits per heavy atom. The predicted octanol–water partition coefficient (Wildman–Crippen LogP) is 3.83. The van der Waals surface area contributed by atoms with Crippen molar-refractivity contribution in [3.63, 3.8) is 0 Å². The van der Waals surface area contributed by atoms with Gasteiger partial charge in [0.1, 0.15) is 11.6 Å². The number of cyclic esters (lactones) is 1. The fourth-order valence-corrected chi connectivity index (χ4v) is 2.35. The number of methoxy groups -OCH3 is 1. The lowest BCUT2D eigenvalue weighted by Gasteiger charge is -2.03. The maximum atomic E-state index is 13.2. The smallest absolute Gasteiger partial charge is 0.363 e. The topological polar surface area (TPSA) is 47.9 Å². The lowest BCUT2D eigenvalue weighted by Crippen LogP contribution is -2.05. The van der Waals surface area contributed by atoms with Crippen LogP contribution in [0.25, 0.3) is 6.08 Å². The van der Waals surface area contributed by atoms with Crippen LogP contribution in [-0.2, 0) is 9.53 Å². The van der Waals surface area contributed by atoms with Crippen LogP contribution in [0.1, 0.15) is 11.1 Å². The van der Waals surface area contributed by atoms with Crippen molar-refractivity contribution in [3.8, 4) is 5.75 Å². The zero-order valence-electron chi connectivity index (χ0n) is 12.0. The number of ether oxygens (including phenoxy) is 2. The molecule has 0 aliphatic carbocycles. The molecule has 0 spiro atoms. The Morgan fingerprint density at radius 3 is 2.78 bits per heavy atom. The van der Waals surface area contributed by atoms with E-state index in [0.717, 1.165) is 0 Å². The van der Waals surface area contributed by atoms with E-state index in [9.17, 15) is 9.18 Å². The first-order valence-electron chi connectivity index (χ1n) is 6.69. The molecule has 0 fully saturated rings. The second-order valence-corrected chi connectivity index (χ2v) is 5.15. The number of hydrogen-bond donors (Lipinski definition) is 0. The number of rotatable bonds is 3. The van der Waals surface area contributed by atoms with E-state index in [1.165, 1.54) is 25.3 Å². The fraction of sp³-hybridized carbons (Fsp3) is 0.0588. The van der Waals surface area contributed by atoms with Crippen LogP contribution < -0.4 is 4.74 Å². The van der Waals surface area contributed by atoms with Gasteiger partial charge in [0.15, 0.2) is 5.70 Å². The molecule has 1 aliphatic heterocycles. The van der Waals surface area contributed by atoms with E-state index < -0.39 is 11.8 Å². The molecule has 0 aromatic heterocycles. The van der Waals surface area contributed by atoms with E-state index in [2.05, 4.69) is 4.99 Å². The van der Waals surface area contributed by atoms with Crippen molar-refractivity contribution < 1.29 is 18.7 Å². The summed E-state index contributed by atoms with van der Waals surface area (Å²) in [6.07, 6.45) is 1.54. The number of halogens is 2. The van der Waals surface area contributed by atoms with Crippen molar-refractivity contribution in [2.75, 3.05) is 7.11 Å². The van der Waals surface area contributed by atoms with Gasteiger partial charge in [-0.2, -0.15) is 0 Å². The maximum Gasteiger partial charge on any atom is 0.363 e.